The van der Waals surface area contributed by atoms with Gasteiger partial charge in [0.1, 0.15) is 5.54 Å². The monoisotopic (exact) mass is 184 g/mol. The number of carbonyl (C=O) groups is 1. The lowest BCUT2D eigenvalue weighted by Gasteiger charge is -2.29. The van der Waals surface area contributed by atoms with Crippen LogP contribution in [0.4, 0.5) is 0 Å². The van der Waals surface area contributed by atoms with Gasteiger partial charge >= 0.3 is 5.97 Å². The van der Waals surface area contributed by atoms with E-state index >= 15 is 0 Å². The second-order valence-electron chi connectivity index (χ2n) is 2.96. The van der Waals surface area contributed by atoms with Crippen LogP contribution in [0.5, 0.6) is 0 Å². The molecule has 1 fully saturated rings. The van der Waals surface area contributed by atoms with Gasteiger partial charge in [0, 0.05) is 4.91 Å². The van der Waals surface area contributed by atoms with Gasteiger partial charge < -0.3 is 10.1 Å². The standard InChI is InChI=1S/C7H12N4O2/c1-13-6(12)7(10-11-8)2-4-9-5-3-7/h9H,2-5H2,1H3. The van der Waals surface area contributed by atoms with Crippen LogP contribution < -0.4 is 5.32 Å². The Morgan fingerprint density at radius 3 is 2.69 bits per heavy atom. The minimum atomic E-state index is -0.977. The molecule has 1 N–H and O–H groups in total. The molecule has 13 heavy (non-hydrogen) atoms. The zero-order valence-corrected chi connectivity index (χ0v) is 7.49. The molecule has 0 aromatic rings. The van der Waals surface area contributed by atoms with Gasteiger partial charge in [-0.3, -0.25) is 4.79 Å². The quantitative estimate of drug-likeness (QED) is 0.295. The Balaban J connectivity index is 2.84. The van der Waals surface area contributed by atoms with Gasteiger partial charge in [-0.05, 0) is 31.5 Å². The number of nitrogens with one attached hydrogen (secondary N) is 1. The lowest BCUT2D eigenvalue weighted by atomic mass is 9.89. The summed E-state index contributed by atoms with van der Waals surface area (Å²) in [6.45, 7) is 1.35. The topological polar surface area (TPSA) is 87.1 Å². The van der Waals surface area contributed by atoms with E-state index in [0.29, 0.717) is 25.9 Å². The molecule has 0 aliphatic carbocycles. The summed E-state index contributed by atoms with van der Waals surface area (Å²) in [5.41, 5.74) is 7.38. The first-order valence-electron chi connectivity index (χ1n) is 4.10. The molecular weight excluding hydrogens is 172 g/mol. The maximum atomic E-state index is 11.4. The predicted octanol–water partition coefficient (Wildman–Crippen LogP) is 0.592. The van der Waals surface area contributed by atoms with Crippen LogP contribution in [-0.4, -0.2) is 31.7 Å². The van der Waals surface area contributed by atoms with Gasteiger partial charge in [-0.25, -0.2) is 0 Å². The summed E-state index contributed by atoms with van der Waals surface area (Å²) in [5.74, 6) is -0.438. The van der Waals surface area contributed by atoms with E-state index in [-0.39, 0.29) is 0 Å². The summed E-state index contributed by atoms with van der Waals surface area (Å²) in [5, 5.41) is 6.64. The molecule has 0 bridgehead atoms. The fourth-order valence-electron chi connectivity index (χ4n) is 1.46. The van der Waals surface area contributed by atoms with Crippen molar-refractivity contribution in [2.45, 2.75) is 18.4 Å². The normalized spacial score (nSPS) is 20.1. The number of hydrogen-bond acceptors (Lipinski definition) is 4. The SMILES string of the molecule is COC(=O)C1(N=[N+]=[N-])CCNCC1. The summed E-state index contributed by atoms with van der Waals surface area (Å²) in [4.78, 5) is 14.1. The van der Waals surface area contributed by atoms with E-state index in [9.17, 15) is 4.79 Å². The van der Waals surface area contributed by atoms with Crippen LogP contribution in [0.25, 0.3) is 10.4 Å². The van der Waals surface area contributed by atoms with Crippen molar-refractivity contribution >= 4 is 5.97 Å². The molecule has 0 aromatic heterocycles. The predicted molar refractivity (Wildman–Crippen MR) is 46.0 cm³/mol. The van der Waals surface area contributed by atoms with E-state index < -0.39 is 11.5 Å². The largest absolute Gasteiger partial charge is 0.468 e. The Labute approximate surface area is 75.9 Å². The number of esters is 1. The molecule has 0 unspecified atom stereocenters. The van der Waals surface area contributed by atoms with Crippen LogP contribution in [0.3, 0.4) is 0 Å². The Morgan fingerprint density at radius 2 is 2.23 bits per heavy atom. The lowest BCUT2D eigenvalue weighted by Crippen LogP contribution is -2.46. The molecular formula is C7H12N4O2. The van der Waals surface area contributed by atoms with Crippen molar-refractivity contribution in [3.63, 3.8) is 0 Å². The molecule has 6 heteroatoms. The number of hydrogen-bond donors (Lipinski definition) is 1. The first-order valence-corrected chi connectivity index (χ1v) is 4.10. The maximum Gasteiger partial charge on any atom is 0.317 e. The molecule has 1 saturated heterocycles. The van der Waals surface area contributed by atoms with E-state index in [1.165, 1.54) is 7.11 Å². The van der Waals surface area contributed by atoms with Gasteiger partial charge in [0.2, 0.25) is 0 Å². The highest BCUT2D eigenvalue weighted by molar-refractivity contribution is 5.81. The number of ether oxygens (including phenoxy) is 1. The number of rotatable bonds is 2. The first-order chi connectivity index (χ1) is 6.25. The third-order valence-corrected chi connectivity index (χ3v) is 2.23. The van der Waals surface area contributed by atoms with Gasteiger partial charge in [0.25, 0.3) is 0 Å². The van der Waals surface area contributed by atoms with Crippen molar-refractivity contribution < 1.29 is 9.53 Å². The molecule has 1 aliphatic rings. The molecule has 1 rings (SSSR count). The first kappa shape index (κ1) is 9.83. The number of piperidine rings is 1. The number of methoxy groups -OCH3 is 1. The van der Waals surface area contributed by atoms with E-state index in [4.69, 9.17) is 5.53 Å². The highest BCUT2D eigenvalue weighted by Crippen LogP contribution is 2.24. The second-order valence-corrected chi connectivity index (χ2v) is 2.96. The fourth-order valence-corrected chi connectivity index (χ4v) is 1.46. The zero-order chi connectivity index (χ0) is 9.73. The van der Waals surface area contributed by atoms with Crippen LogP contribution >= 0.6 is 0 Å². The third-order valence-electron chi connectivity index (χ3n) is 2.23. The molecule has 0 aromatic carbocycles. The Kier molecular flexibility index (Phi) is 3.11. The summed E-state index contributed by atoms with van der Waals surface area (Å²) < 4.78 is 4.61. The van der Waals surface area contributed by atoms with Crippen LogP contribution in [0.1, 0.15) is 12.8 Å². The molecule has 0 atom stereocenters. The van der Waals surface area contributed by atoms with E-state index in [0.717, 1.165) is 0 Å². The van der Waals surface area contributed by atoms with Crippen molar-refractivity contribution in [1.29, 1.82) is 0 Å². The number of azide groups is 1. The lowest BCUT2D eigenvalue weighted by molar-refractivity contribution is -0.148. The van der Waals surface area contributed by atoms with Gasteiger partial charge in [-0.15, -0.1) is 0 Å². The van der Waals surface area contributed by atoms with Crippen LogP contribution in [-0.2, 0) is 9.53 Å². The van der Waals surface area contributed by atoms with Crippen LogP contribution in [0.15, 0.2) is 5.11 Å². The minimum absolute atomic E-state index is 0.438. The van der Waals surface area contributed by atoms with Crippen LogP contribution in [0.2, 0.25) is 0 Å². The minimum Gasteiger partial charge on any atom is -0.468 e. The molecule has 6 nitrogen and oxygen atoms in total. The van der Waals surface area contributed by atoms with E-state index in [2.05, 4.69) is 20.1 Å². The van der Waals surface area contributed by atoms with E-state index in [1.807, 2.05) is 0 Å². The van der Waals surface area contributed by atoms with Crippen LogP contribution in [0, 0.1) is 0 Å². The highest BCUT2D eigenvalue weighted by Gasteiger charge is 2.39. The van der Waals surface area contributed by atoms with Crippen molar-refractivity contribution in [2.24, 2.45) is 5.11 Å². The summed E-state index contributed by atoms with van der Waals surface area (Å²) in [6, 6.07) is 0. The average Bonchev–Trinajstić information content (AvgIpc) is 2.18. The van der Waals surface area contributed by atoms with Crippen molar-refractivity contribution in [1.82, 2.24) is 5.32 Å². The van der Waals surface area contributed by atoms with Gasteiger partial charge in [0.15, 0.2) is 0 Å². The highest BCUT2D eigenvalue weighted by atomic mass is 16.5. The summed E-state index contributed by atoms with van der Waals surface area (Å²) in [7, 11) is 1.30. The molecule has 72 valence electrons. The Hall–Kier alpha value is -1.26. The van der Waals surface area contributed by atoms with Gasteiger partial charge in [0.05, 0.1) is 7.11 Å². The molecule has 1 heterocycles. The number of carbonyl (C=O) groups excluding carboxylic acids is 1. The molecule has 0 saturated carbocycles. The summed E-state index contributed by atoms with van der Waals surface area (Å²) >= 11 is 0. The summed E-state index contributed by atoms with van der Waals surface area (Å²) in [6.07, 6.45) is 1.01. The van der Waals surface area contributed by atoms with Crippen molar-refractivity contribution in [2.75, 3.05) is 20.2 Å². The maximum absolute atomic E-state index is 11.4. The van der Waals surface area contributed by atoms with E-state index in [1.54, 1.807) is 0 Å². The second kappa shape index (κ2) is 4.11. The fraction of sp³-hybridized carbons (Fsp3) is 0.857. The Bertz CT molecular complexity index is 241. The van der Waals surface area contributed by atoms with Gasteiger partial charge in [-0.2, -0.15) is 0 Å². The zero-order valence-electron chi connectivity index (χ0n) is 7.49. The molecule has 0 amide bonds. The number of nitrogens with zero attached hydrogens (tertiary/aromatic N) is 3. The Morgan fingerprint density at radius 1 is 1.62 bits per heavy atom. The smallest absolute Gasteiger partial charge is 0.317 e. The van der Waals surface area contributed by atoms with Crippen molar-refractivity contribution in [3.05, 3.63) is 10.4 Å². The average molecular weight is 184 g/mol. The molecule has 0 spiro atoms. The van der Waals surface area contributed by atoms with Crippen molar-refractivity contribution in [3.8, 4) is 0 Å². The molecule has 0 radical (unpaired) electrons. The molecule has 1 aliphatic heterocycles. The van der Waals surface area contributed by atoms with Gasteiger partial charge in [-0.1, -0.05) is 5.11 Å². The third kappa shape index (κ3) is 1.91.